The Labute approximate surface area is 216 Å². The van der Waals surface area contributed by atoms with Gasteiger partial charge in [-0.3, -0.25) is 9.69 Å². The van der Waals surface area contributed by atoms with Gasteiger partial charge in [-0.2, -0.15) is 0 Å². The highest BCUT2D eigenvalue weighted by Crippen LogP contribution is 2.49. The zero-order valence-electron chi connectivity index (χ0n) is 22.7. The highest BCUT2D eigenvalue weighted by Gasteiger charge is 2.43. The van der Waals surface area contributed by atoms with Crippen molar-refractivity contribution >= 4 is 22.9 Å². The number of carbonyl (C=O) groups excluding carboxylic acids is 1. The minimum atomic E-state index is -0.424. The number of fused-ring (bicyclic) bond motifs is 2. The molecule has 1 atom stereocenters. The number of nitrogens with one attached hydrogen (secondary N) is 1. The van der Waals surface area contributed by atoms with Gasteiger partial charge in [0, 0.05) is 27.8 Å². The molecule has 3 aromatic rings. The van der Waals surface area contributed by atoms with Gasteiger partial charge < -0.3 is 5.32 Å². The van der Waals surface area contributed by atoms with Gasteiger partial charge in [0.2, 0.25) is 0 Å². The average molecular weight is 479 g/mol. The quantitative estimate of drug-likeness (QED) is 0.414. The molecule has 3 aromatic carbocycles. The molecule has 2 aliphatic rings. The van der Waals surface area contributed by atoms with Crippen molar-refractivity contribution < 1.29 is 4.79 Å². The number of rotatable bonds is 3. The molecule has 36 heavy (non-hydrogen) atoms. The lowest BCUT2D eigenvalue weighted by molar-refractivity contribution is 0.0970. The van der Waals surface area contributed by atoms with E-state index in [-0.39, 0.29) is 16.9 Å². The third kappa shape index (κ3) is 3.95. The van der Waals surface area contributed by atoms with E-state index in [1.807, 2.05) is 17.0 Å². The fraction of sp³-hybridized carbons (Fsp3) is 0.364. The Hall–Kier alpha value is -3.33. The molecule has 1 unspecified atom stereocenters. The van der Waals surface area contributed by atoms with Crippen LogP contribution in [0.2, 0.25) is 0 Å². The Bertz CT molecular complexity index is 1360. The van der Waals surface area contributed by atoms with E-state index in [1.165, 1.54) is 28.0 Å². The van der Waals surface area contributed by atoms with Crippen LogP contribution in [-0.4, -0.2) is 17.0 Å². The zero-order chi connectivity index (χ0) is 25.9. The summed E-state index contributed by atoms with van der Waals surface area (Å²) in [6.45, 7) is 15.5. The average Bonchev–Trinajstić information content (AvgIpc) is 2.82. The van der Waals surface area contributed by atoms with Gasteiger partial charge in [-0.25, -0.2) is 0 Å². The molecule has 0 spiro atoms. The second-order valence-electron chi connectivity index (χ2n) is 12.0. The van der Waals surface area contributed by atoms with Gasteiger partial charge in [-0.15, -0.1) is 0 Å². The molecule has 5 rings (SSSR count). The van der Waals surface area contributed by atoms with Crippen LogP contribution in [0.3, 0.4) is 0 Å². The molecule has 0 saturated heterocycles. The van der Waals surface area contributed by atoms with Crippen molar-refractivity contribution in [2.75, 3.05) is 10.2 Å². The van der Waals surface area contributed by atoms with Crippen molar-refractivity contribution in [2.24, 2.45) is 0 Å². The second kappa shape index (κ2) is 8.37. The number of benzene rings is 3. The predicted octanol–water partition coefficient (Wildman–Crippen LogP) is 7.99. The number of carbonyl (C=O) groups is 1. The van der Waals surface area contributed by atoms with E-state index in [9.17, 15) is 4.79 Å². The maximum Gasteiger partial charge on any atom is 0.259 e. The van der Waals surface area contributed by atoms with Crippen LogP contribution in [0.4, 0.5) is 11.4 Å². The number of para-hydroxylation sites is 1. The number of hydrogen-bond donors (Lipinski definition) is 1. The van der Waals surface area contributed by atoms with Crippen molar-refractivity contribution in [3.8, 4) is 0 Å². The molecule has 1 amide bonds. The highest BCUT2D eigenvalue weighted by atomic mass is 16.2. The number of nitrogens with zero attached hydrogens (tertiary/aromatic N) is 1. The van der Waals surface area contributed by atoms with Gasteiger partial charge in [0.25, 0.3) is 5.91 Å². The Kier molecular flexibility index (Phi) is 5.66. The summed E-state index contributed by atoms with van der Waals surface area (Å²) in [5, 5.41) is 3.73. The van der Waals surface area contributed by atoms with Crippen molar-refractivity contribution in [3.05, 3.63) is 101 Å². The van der Waals surface area contributed by atoms with Crippen molar-refractivity contribution in [3.63, 3.8) is 0 Å². The summed E-state index contributed by atoms with van der Waals surface area (Å²) < 4.78 is 0. The Morgan fingerprint density at radius 1 is 0.944 bits per heavy atom. The number of hydrogen-bond acceptors (Lipinski definition) is 2. The van der Waals surface area contributed by atoms with E-state index in [1.54, 1.807) is 0 Å². The fourth-order valence-electron chi connectivity index (χ4n) is 6.47. The van der Waals surface area contributed by atoms with Gasteiger partial charge in [-0.1, -0.05) is 56.3 Å². The van der Waals surface area contributed by atoms with Crippen molar-refractivity contribution in [2.45, 2.75) is 77.8 Å². The van der Waals surface area contributed by atoms with Crippen molar-refractivity contribution in [1.82, 2.24) is 0 Å². The molecule has 0 bridgehead atoms. The van der Waals surface area contributed by atoms with Crippen LogP contribution in [0.15, 0.2) is 72.8 Å². The van der Waals surface area contributed by atoms with E-state index in [2.05, 4.69) is 114 Å². The molecule has 0 radical (unpaired) electrons. The normalized spacial score (nSPS) is 21.6. The van der Waals surface area contributed by atoms with Crippen LogP contribution in [-0.2, 0) is 11.8 Å². The second-order valence-corrected chi connectivity index (χ2v) is 12.0. The maximum absolute atomic E-state index is 13.9. The standard InChI is InChI=1S/C33H38N2O/c1-8-23-13-15-24(16-14-23)30(36)35-29-18-17-25(19-26(29)22(2)20-32(35,5)6)33(7)21-31(3,4)34-28-12-10-9-11-27(28)33/h9-20,34H,8,21H2,1-7H3. The first-order chi connectivity index (χ1) is 16.9. The molecule has 0 aliphatic carbocycles. The monoisotopic (exact) mass is 478 g/mol. The molecule has 0 aromatic heterocycles. The first-order valence-electron chi connectivity index (χ1n) is 13.1. The summed E-state index contributed by atoms with van der Waals surface area (Å²) in [6, 6.07) is 23.5. The van der Waals surface area contributed by atoms with Crippen LogP contribution in [0, 0.1) is 0 Å². The molecule has 2 aliphatic heterocycles. The molecule has 2 heterocycles. The summed E-state index contributed by atoms with van der Waals surface area (Å²) in [5.74, 6) is 0.0416. The molecule has 1 N–H and O–H groups in total. The number of amides is 1. The summed E-state index contributed by atoms with van der Waals surface area (Å²) in [6.07, 6.45) is 4.18. The first kappa shape index (κ1) is 24.4. The number of aryl methyl sites for hydroxylation is 1. The number of anilines is 2. The maximum atomic E-state index is 13.9. The van der Waals surface area contributed by atoms with Gasteiger partial charge >= 0.3 is 0 Å². The Balaban J connectivity index is 1.62. The Morgan fingerprint density at radius 3 is 2.33 bits per heavy atom. The topological polar surface area (TPSA) is 32.3 Å². The van der Waals surface area contributed by atoms with E-state index in [0.717, 1.165) is 29.7 Å². The Morgan fingerprint density at radius 2 is 1.64 bits per heavy atom. The minimum Gasteiger partial charge on any atom is -0.380 e. The molecule has 0 saturated carbocycles. The molecular formula is C33H38N2O. The summed E-state index contributed by atoms with van der Waals surface area (Å²) >= 11 is 0. The summed E-state index contributed by atoms with van der Waals surface area (Å²) in [7, 11) is 0. The smallest absolute Gasteiger partial charge is 0.259 e. The molecule has 3 nitrogen and oxygen atoms in total. The zero-order valence-corrected chi connectivity index (χ0v) is 22.7. The van der Waals surface area contributed by atoms with Crippen LogP contribution >= 0.6 is 0 Å². The lowest BCUT2D eigenvalue weighted by Gasteiger charge is -2.47. The van der Waals surface area contributed by atoms with Crippen LogP contribution in [0.1, 0.15) is 87.5 Å². The van der Waals surface area contributed by atoms with E-state index >= 15 is 0 Å². The lowest BCUT2D eigenvalue weighted by atomic mass is 9.65. The minimum absolute atomic E-state index is 0.0292. The van der Waals surface area contributed by atoms with Crippen LogP contribution in [0.25, 0.3) is 5.57 Å². The largest absolute Gasteiger partial charge is 0.380 e. The van der Waals surface area contributed by atoms with E-state index in [4.69, 9.17) is 0 Å². The molecular weight excluding hydrogens is 440 g/mol. The molecule has 0 fully saturated rings. The molecule has 3 heteroatoms. The molecule has 186 valence electrons. The highest BCUT2D eigenvalue weighted by molar-refractivity contribution is 6.10. The SMILES string of the molecule is CCc1ccc(C(=O)N2c3ccc(C4(C)CC(C)(C)Nc5ccccc54)cc3C(C)=CC2(C)C)cc1. The number of allylic oxidation sites excluding steroid dienone is 1. The predicted molar refractivity (Wildman–Crippen MR) is 152 cm³/mol. The van der Waals surface area contributed by atoms with Gasteiger partial charge in [0.1, 0.15) is 0 Å². The first-order valence-corrected chi connectivity index (χ1v) is 13.1. The van der Waals surface area contributed by atoms with E-state index < -0.39 is 5.54 Å². The lowest BCUT2D eigenvalue weighted by Crippen LogP contribution is -2.49. The van der Waals surface area contributed by atoms with Gasteiger partial charge in [0.05, 0.1) is 11.2 Å². The third-order valence-corrected chi connectivity index (χ3v) is 8.05. The fourth-order valence-corrected chi connectivity index (χ4v) is 6.47. The van der Waals surface area contributed by atoms with Gasteiger partial charge in [0.15, 0.2) is 0 Å². The van der Waals surface area contributed by atoms with E-state index in [0.29, 0.717) is 0 Å². The van der Waals surface area contributed by atoms with Crippen LogP contribution in [0.5, 0.6) is 0 Å². The van der Waals surface area contributed by atoms with Gasteiger partial charge in [-0.05, 0) is 100 Å². The summed E-state index contributed by atoms with van der Waals surface area (Å²) in [5.41, 5.74) is 8.53. The van der Waals surface area contributed by atoms with Crippen LogP contribution < -0.4 is 10.2 Å². The summed E-state index contributed by atoms with van der Waals surface area (Å²) in [4.78, 5) is 15.8. The third-order valence-electron chi connectivity index (χ3n) is 8.05. The van der Waals surface area contributed by atoms with Crippen molar-refractivity contribution in [1.29, 1.82) is 0 Å².